The SMILES string of the molecule is CCOC(=O)CC(=O)NCCC1CCC1. The van der Waals surface area contributed by atoms with Gasteiger partial charge in [0.05, 0.1) is 6.61 Å². The summed E-state index contributed by atoms with van der Waals surface area (Å²) in [5.41, 5.74) is 0. The van der Waals surface area contributed by atoms with E-state index in [0.717, 1.165) is 12.3 Å². The molecule has 1 N–H and O–H groups in total. The number of ether oxygens (including phenoxy) is 1. The van der Waals surface area contributed by atoms with Gasteiger partial charge in [-0.3, -0.25) is 9.59 Å². The molecule has 4 nitrogen and oxygen atoms in total. The summed E-state index contributed by atoms with van der Waals surface area (Å²) in [5.74, 6) is 0.110. The van der Waals surface area contributed by atoms with E-state index in [4.69, 9.17) is 0 Å². The number of nitrogens with one attached hydrogen (secondary N) is 1. The van der Waals surface area contributed by atoms with Crippen molar-refractivity contribution in [1.82, 2.24) is 5.32 Å². The summed E-state index contributed by atoms with van der Waals surface area (Å²) < 4.78 is 4.67. The fourth-order valence-corrected chi connectivity index (χ4v) is 1.60. The van der Waals surface area contributed by atoms with Crippen molar-refractivity contribution in [1.29, 1.82) is 0 Å². The van der Waals surface area contributed by atoms with Gasteiger partial charge in [-0.05, 0) is 19.3 Å². The normalized spacial score (nSPS) is 15.5. The molecule has 0 heterocycles. The minimum Gasteiger partial charge on any atom is -0.466 e. The van der Waals surface area contributed by atoms with E-state index in [1.165, 1.54) is 19.3 Å². The maximum absolute atomic E-state index is 11.2. The van der Waals surface area contributed by atoms with Crippen LogP contribution in [0.15, 0.2) is 0 Å². The molecule has 1 fully saturated rings. The highest BCUT2D eigenvalue weighted by molar-refractivity contribution is 5.94. The molecule has 1 rings (SSSR count). The molecule has 4 heteroatoms. The summed E-state index contributed by atoms with van der Waals surface area (Å²) in [7, 11) is 0. The molecule has 0 saturated heterocycles. The Morgan fingerprint density at radius 1 is 1.40 bits per heavy atom. The summed E-state index contributed by atoms with van der Waals surface area (Å²) in [6.07, 6.45) is 4.77. The molecule has 86 valence electrons. The quantitative estimate of drug-likeness (QED) is 0.533. The van der Waals surface area contributed by atoms with Crippen molar-refractivity contribution in [3.63, 3.8) is 0 Å². The number of amides is 1. The molecule has 15 heavy (non-hydrogen) atoms. The van der Waals surface area contributed by atoms with Crippen LogP contribution in [0.1, 0.15) is 39.0 Å². The largest absolute Gasteiger partial charge is 0.466 e. The maximum Gasteiger partial charge on any atom is 0.315 e. The number of carbonyl (C=O) groups is 2. The molecule has 0 bridgehead atoms. The Morgan fingerprint density at radius 3 is 2.67 bits per heavy atom. The Bertz CT molecular complexity index is 224. The zero-order valence-corrected chi connectivity index (χ0v) is 9.25. The van der Waals surface area contributed by atoms with Crippen molar-refractivity contribution < 1.29 is 14.3 Å². The van der Waals surface area contributed by atoms with E-state index in [0.29, 0.717) is 13.2 Å². The van der Waals surface area contributed by atoms with Crippen LogP contribution in [-0.2, 0) is 14.3 Å². The number of hydrogen-bond donors (Lipinski definition) is 1. The van der Waals surface area contributed by atoms with Crippen molar-refractivity contribution in [3.8, 4) is 0 Å². The van der Waals surface area contributed by atoms with Crippen LogP contribution in [0.2, 0.25) is 0 Å². The molecule has 0 aliphatic heterocycles. The smallest absolute Gasteiger partial charge is 0.315 e. The van der Waals surface area contributed by atoms with Crippen molar-refractivity contribution in [2.45, 2.75) is 39.0 Å². The van der Waals surface area contributed by atoms with Gasteiger partial charge < -0.3 is 10.1 Å². The van der Waals surface area contributed by atoms with Crippen LogP contribution in [0.4, 0.5) is 0 Å². The van der Waals surface area contributed by atoms with Gasteiger partial charge in [-0.1, -0.05) is 19.3 Å². The van der Waals surface area contributed by atoms with Crippen molar-refractivity contribution >= 4 is 11.9 Å². The van der Waals surface area contributed by atoms with Crippen LogP contribution in [0.5, 0.6) is 0 Å². The van der Waals surface area contributed by atoms with Gasteiger partial charge in [0.1, 0.15) is 6.42 Å². The molecule has 0 aromatic heterocycles. The Labute approximate surface area is 90.4 Å². The predicted molar refractivity (Wildman–Crippen MR) is 56.2 cm³/mol. The van der Waals surface area contributed by atoms with E-state index in [9.17, 15) is 9.59 Å². The topological polar surface area (TPSA) is 55.4 Å². The lowest BCUT2D eigenvalue weighted by Crippen LogP contribution is -2.29. The van der Waals surface area contributed by atoms with E-state index in [1.54, 1.807) is 6.92 Å². The lowest BCUT2D eigenvalue weighted by Gasteiger charge is -2.25. The molecule has 0 spiro atoms. The van der Waals surface area contributed by atoms with E-state index in [1.807, 2.05) is 0 Å². The van der Waals surface area contributed by atoms with E-state index < -0.39 is 5.97 Å². The van der Waals surface area contributed by atoms with Crippen LogP contribution in [0.25, 0.3) is 0 Å². The summed E-state index contributed by atoms with van der Waals surface area (Å²) in [4.78, 5) is 22.1. The minimum atomic E-state index is -0.446. The second kappa shape index (κ2) is 6.43. The fourth-order valence-electron chi connectivity index (χ4n) is 1.60. The molecule has 1 aliphatic rings. The molecule has 0 radical (unpaired) electrons. The molecule has 0 unspecified atom stereocenters. The van der Waals surface area contributed by atoms with E-state index in [-0.39, 0.29) is 12.3 Å². The maximum atomic E-state index is 11.2. The monoisotopic (exact) mass is 213 g/mol. The highest BCUT2D eigenvalue weighted by Crippen LogP contribution is 2.28. The summed E-state index contributed by atoms with van der Waals surface area (Å²) >= 11 is 0. The summed E-state index contributed by atoms with van der Waals surface area (Å²) in [5, 5.41) is 2.73. The van der Waals surface area contributed by atoms with E-state index >= 15 is 0 Å². The van der Waals surface area contributed by atoms with Gasteiger partial charge in [0.2, 0.25) is 5.91 Å². The second-order valence-electron chi connectivity index (χ2n) is 3.92. The third-order valence-electron chi connectivity index (χ3n) is 2.71. The number of rotatable bonds is 6. The Morgan fingerprint density at radius 2 is 2.13 bits per heavy atom. The van der Waals surface area contributed by atoms with Gasteiger partial charge in [0.15, 0.2) is 0 Å². The predicted octanol–water partition coefficient (Wildman–Crippen LogP) is 1.25. The zero-order valence-electron chi connectivity index (χ0n) is 9.25. The molecule has 1 saturated carbocycles. The molecule has 0 aromatic rings. The third kappa shape index (κ3) is 4.81. The van der Waals surface area contributed by atoms with Gasteiger partial charge in [0, 0.05) is 6.54 Å². The highest BCUT2D eigenvalue weighted by Gasteiger charge is 2.17. The molecule has 1 aliphatic carbocycles. The Hall–Kier alpha value is -1.06. The fraction of sp³-hybridized carbons (Fsp3) is 0.818. The van der Waals surface area contributed by atoms with Gasteiger partial charge >= 0.3 is 5.97 Å². The van der Waals surface area contributed by atoms with Crippen molar-refractivity contribution in [2.24, 2.45) is 5.92 Å². The van der Waals surface area contributed by atoms with Gasteiger partial charge in [-0.2, -0.15) is 0 Å². The first-order chi connectivity index (χ1) is 7.22. The number of carbonyl (C=O) groups excluding carboxylic acids is 2. The summed E-state index contributed by atoms with van der Waals surface area (Å²) in [6.45, 7) is 2.74. The molecular weight excluding hydrogens is 194 g/mol. The standard InChI is InChI=1S/C11H19NO3/c1-2-15-11(14)8-10(13)12-7-6-9-4-3-5-9/h9H,2-8H2,1H3,(H,12,13). The highest BCUT2D eigenvalue weighted by atomic mass is 16.5. The van der Waals surface area contributed by atoms with Crippen LogP contribution in [-0.4, -0.2) is 25.0 Å². The Balaban J connectivity index is 1.99. The van der Waals surface area contributed by atoms with Gasteiger partial charge in [0.25, 0.3) is 0 Å². The number of hydrogen-bond acceptors (Lipinski definition) is 3. The average molecular weight is 213 g/mol. The lowest BCUT2D eigenvalue weighted by atomic mass is 9.83. The number of esters is 1. The zero-order chi connectivity index (χ0) is 11.1. The molecule has 0 atom stereocenters. The molecule has 1 amide bonds. The van der Waals surface area contributed by atoms with Gasteiger partial charge in [-0.15, -0.1) is 0 Å². The van der Waals surface area contributed by atoms with Crippen molar-refractivity contribution in [3.05, 3.63) is 0 Å². The summed E-state index contributed by atoms with van der Waals surface area (Å²) in [6, 6.07) is 0. The van der Waals surface area contributed by atoms with Crippen molar-refractivity contribution in [2.75, 3.05) is 13.2 Å². The molecule has 0 aromatic carbocycles. The van der Waals surface area contributed by atoms with Crippen LogP contribution in [0, 0.1) is 5.92 Å². The van der Waals surface area contributed by atoms with Crippen LogP contribution >= 0.6 is 0 Å². The first-order valence-corrected chi connectivity index (χ1v) is 5.64. The minimum absolute atomic E-state index is 0.154. The van der Waals surface area contributed by atoms with Gasteiger partial charge in [-0.25, -0.2) is 0 Å². The van der Waals surface area contributed by atoms with Crippen LogP contribution < -0.4 is 5.32 Å². The third-order valence-corrected chi connectivity index (χ3v) is 2.71. The lowest BCUT2D eigenvalue weighted by molar-refractivity contribution is -0.145. The average Bonchev–Trinajstić information content (AvgIpc) is 2.09. The first kappa shape index (κ1) is 12.0. The van der Waals surface area contributed by atoms with E-state index in [2.05, 4.69) is 10.1 Å². The first-order valence-electron chi connectivity index (χ1n) is 5.64. The van der Waals surface area contributed by atoms with Crippen LogP contribution in [0.3, 0.4) is 0 Å². The Kier molecular flexibility index (Phi) is 5.15. The molecular formula is C11H19NO3. The second-order valence-corrected chi connectivity index (χ2v) is 3.92.